The molecule has 0 saturated carbocycles. The van der Waals surface area contributed by atoms with Crippen molar-refractivity contribution in [2.45, 2.75) is 13.3 Å². The standard InChI is InChI=1S/C8H7BrF/c1-2-6-4-3-5-7(10)8(6)9/h4-5H,2H2,1H3. The van der Waals surface area contributed by atoms with Gasteiger partial charge in [0.15, 0.2) is 0 Å². The van der Waals surface area contributed by atoms with Crippen LogP contribution in [0.2, 0.25) is 0 Å². The predicted molar refractivity (Wildman–Crippen MR) is 42.3 cm³/mol. The summed E-state index contributed by atoms with van der Waals surface area (Å²) in [5.74, 6) is -0.237. The number of hydrogen-bond donors (Lipinski definition) is 0. The van der Waals surface area contributed by atoms with Crippen molar-refractivity contribution < 1.29 is 4.39 Å². The average Bonchev–Trinajstić information content (AvgIpc) is 1.95. The molecule has 0 saturated heterocycles. The van der Waals surface area contributed by atoms with Gasteiger partial charge in [-0.15, -0.1) is 0 Å². The largest absolute Gasteiger partial charge is 0.206 e. The molecule has 0 amide bonds. The van der Waals surface area contributed by atoms with Gasteiger partial charge in [0.1, 0.15) is 5.82 Å². The molecule has 1 aromatic carbocycles. The summed E-state index contributed by atoms with van der Waals surface area (Å²) in [5.41, 5.74) is 0.958. The quantitative estimate of drug-likeness (QED) is 0.656. The first kappa shape index (κ1) is 7.73. The maximum atomic E-state index is 12.7. The van der Waals surface area contributed by atoms with E-state index in [0.717, 1.165) is 12.0 Å². The number of hydrogen-bond acceptors (Lipinski definition) is 0. The van der Waals surface area contributed by atoms with E-state index < -0.39 is 0 Å². The van der Waals surface area contributed by atoms with E-state index in [9.17, 15) is 4.39 Å². The molecule has 1 aromatic rings. The Kier molecular flexibility index (Phi) is 2.44. The van der Waals surface area contributed by atoms with E-state index in [0.29, 0.717) is 4.47 Å². The molecule has 0 atom stereocenters. The van der Waals surface area contributed by atoms with Crippen LogP contribution in [0.1, 0.15) is 12.5 Å². The highest BCUT2D eigenvalue weighted by atomic mass is 79.9. The van der Waals surface area contributed by atoms with Crippen molar-refractivity contribution in [3.05, 3.63) is 34.1 Å². The SMILES string of the molecule is CCc1c[c]cc(F)c1Br. The first-order valence-electron chi connectivity index (χ1n) is 3.09. The van der Waals surface area contributed by atoms with Gasteiger partial charge < -0.3 is 0 Å². The van der Waals surface area contributed by atoms with Crippen LogP contribution in [0, 0.1) is 11.9 Å². The summed E-state index contributed by atoms with van der Waals surface area (Å²) in [7, 11) is 0. The van der Waals surface area contributed by atoms with Crippen LogP contribution in [0.5, 0.6) is 0 Å². The lowest BCUT2D eigenvalue weighted by molar-refractivity contribution is 0.618. The monoisotopic (exact) mass is 201 g/mol. The van der Waals surface area contributed by atoms with Gasteiger partial charge in [0.2, 0.25) is 0 Å². The Bertz CT molecular complexity index is 233. The zero-order chi connectivity index (χ0) is 7.56. The van der Waals surface area contributed by atoms with Crippen LogP contribution >= 0.6 is 15.9 Å². The van der Waals surface area contributed by atoms with E-state index >= 15 is 0 Å². The van der Waals surface area contributed by atoms with Gasteiger partial charge in [0.25, 0.3) is 0 Å². The number of aryl methyl sites for hydroxylation is 1. The third-order valence-electron chi connectivity index (χ3n) is 1.34. The lowest BCUT2D eigenvalue weighted by atomic mass is 10.2. The van der Waals surface area contributed by atoms with Crippen molar-refractivity contribution >= 4 is 15.9 Å². The summed E-state index contributed by atoms with van der Waals surface area (Å²) in [6.45, 7) is 1.98. The molecule has 0 aliphatic rings. The fraction of sp³-hybridized carbons (Fsp3) is 0.250. The minimum Gasteiger partial charge on any atom is -0.206 e. The van der Waals surface area contributed by atoms with Crippen LogP contribution in [-0.2, 0) is 6.42 Å². The minimum atomic E-state index is -0.237. The van der Waals surface area contributed by atoms with E-state index in [4.69, 9.17) is 0 Å². The van der Waals surface area contributed by atoms with Crippen molar-refractivity contribution in [3.63, 3.8) is 0 Å². The summed E-state index contributed by atoms with van der Waals surface area (Å²) in [4.78, 5) is 0. The Morgan fingerprint density at radius 3 is 2.80 bits per heavy atom. The van der Waals surface area contributed by atoms with E-state index in [-0.39, 0.29) is 5.82 Å². The summed E-state index contributed by atoms with van der Waals surface area (Å²) < 4.78 is 13.3. The molecule has 0 fully saturated rings. The summed E-state index contributed by atoms with van der Waals surface area (Å²) >= 11 is 3.15. The fourth-order valence-electron chi connectivity index (χ4n) is 0.753. The molecule has 1 rings (SSSR count). The Morgan fingerprint density at radius 1 is 1.60 bits per heavy atom. The van der Waals surface area contributed by atoms with Crippen LogP contribution in [0.25, 0.3) is 0 Å². The molecule has 53 valence electrons. The second kappa shape index (κ2) is 3.15. The zero-order valence-electron chi connectivity index (χ0n) is 5.62. The smallest absolute Gasteiger partial charge is 0.138 e. The molecule has 0 spiro atoms. The van der Waals surface area contributed by atoms with Gasteiger partial charge in [-0.2, -0.15) is 0 Å². The lowest BCUT2D eigenvalue weighted by Crippen LogP contribution is -1.85. The fourth-order valence-corrected chi connectivity index (χ4v) is 1.26. The Hall–Kier alpha value is -0.370. The minimum absolute atomic E-state index is 0.237. The molecule has 1 radical (unpaired) electrons. The van der Waals surface area contributed by atoms with Crippen LogP contribution in [0.3, 0.4) is 0 Å². The molecule has 0 aliphatic heterocycles. The summed E-state index contributed by atoms with van der Waals surface area (Å²) in [6, 6.07) is 5.82. The van der Waals surface area contributed by atoms with Crippen molar-refractivity contribution in [3.8, 4) is 0 Å². The molecule has 0 aromatic heterocycles. The van der Waals surface area contributed by atoms with Crippen molar-refractivity contribution in [2.24, 2.45) is 0 Å². The van der Waals surface area contributed by atoms with Gasteiger partial charge in [-0.1, -0.05) is 6.92 Å². The average molecular weight is 202 g/mol. The van der Waals surface area contributed by atoms with Crippen LogP contribution in [-0.4, -0.2) is 0 Å². The number of halogens is 2. The lowest BCUT2D eigenvalue weighted by Gasteiger charge is -1.99. The van der Waals surface area contributed by atoms with Gasteiger partial charge in [0, 0.05) is 0 Å². The number of benzene rings is 1. The molecule has 0 nitrogen and oxygen atoms in total. The third kappa shape index (κ3) is 1.37. The molecule has 2 heteroatoms. The normalized spacial score (nSPS) is 9.90. The van der Waals surface area contributed by atoms with Gasteiger partial charge >= 0.3 is 0 Å². The first-order valence-corrected chi connectivity index (χ1v) is 3.89. The molecule has 0 N–H and O–H groups in total. The van der Waals surface area contributed by atoms with Crippen LogP contribution in [0.15, 0.2) is 16.6 Å². The first-order chi connectivity index (χ1) is 4.75. The van der Waals surface area contributed by atoms with Crippen molar-refractivity contribution in [2.75, 3.05) is 0 Å². The molecule has 0 bridgehead atoms. The molecular formula is C8H7BrF. The molecule has 0 heterocycles. The molecule has 0 aliphatic carbocycles. The van der Waals surface area contributed by atoms with E-state index in [1.807, 2.05) is 6.92 Å². The van der Waals surface area contributed by atoms with E-state index in [2.05, 4.69) is 22.0 Å². The molecular weight excluding hydrogens is 195 g/mol. The molecule has 10 heavy (non-hydrogen) atoms. The summed E-state index contributed by atoms with van der Waals surface area (Å²) in [5, 5.41) is 0. The van der Waals surface area contributed by atoms with Crippen molar-refractivity contribution in [1.82, 2.24) is 0 Å². The van der Waals surface area contributed by atoms with E-state index in [1.165, 1.54) is 6.07 Å². The highest BCUT2D eigenvalue weighted by Crippen LogP contribution is 2.19. The highest BCUT2D eigenvalue weighted by Gasteiger charge is 2.01. The maximum Gasteiger partial charge on any atom is 0.138 e. The topological polar surface area (TPSA) is 0 Å². The van der Waals surface area contributed by atoms with Gasteiger partial charge in [-0.3, -0.25) is 0 Å². The maximum absolute atomic E-state index is 12.7. The Morgan fingerprint density at radius 2 is 2.30 bits per heavy atom. The van der Waals surface area contributed by atoms with E-state index in [1.54, 1.807) is 6.07 Å². The van der Waals surface area contributed by atoms with Gasteiger partial charge in [-0.25, -0.2) is 4.39 Å². The Balaban J connectivity index is 3.14. The van der Waals surface area contributed by atoms with Crippen LogP contribution in [0.4, 0.5) is 4.39 Å². The molecule has 0 unspecified atom stereocenters. The predicted octanol–water partition coefficient (Wildman–Crippen LogP) is 2.95. The van der Waals surface area contributed by atoms with Gasteiger partial charge in [-0.05, 0) is 46.1 Å². The Labute approximate surface area is 68.2 Å². The number of rotatable bonds is 1. The van der Waals surface area contributed by atoms with Gasteiger partial charge in [0.05, 0.1) is 4.47 Å². The van der Waals surface area contributed by atoms with Crippen LogP contribution < -0.4 is 0 Å². The highest BCUT2D eigenvalue weighted by molar-refractivity contribution is 9.10. The summed E-state index contributed by atoms with van der Waals surface area (Å²) in [6.07, 6.45) is 0.828. The zero-order valence-corrected chi connectivity index (χ0v) is 7.20. The third-order valence-corrected chi connectivity index (χ3v) is 2.23. The van der Waals surface area contributed by atoms with Crippen molar-refractivity contribution in [1.29, 1.82) is 0 Å². The second-order valence-corrected chi connectivity index (χ2v) is 2.79. The second-order valence-electron chi connectivity index (χ2n) is 2.00.